The van der Waals surface area contributed by atoms with Crippen LogP contribution in [-0.4, -0.2) is 9.97 Å². The first kappa shape index (κ1) is 9.96. The van der Waals surface area contributed by atoms with Crippen LogP contribution in [0.25, 0.3) is 22.2 Å². The number of rotatable bonds is 1. The molecule has 0 spiro atoms. The fraction of sp³-hybridized carbons (Fsp3) is 0. The van der Waals surface area contributed by atoms with Crippen LogP contribution in [0.1, 0.15) is 0 Å². The van der Waals surface area contributed by atoms with Gasteiger partial charge in [-0.15, -0.1) is 0 Å². The molecule has 0 aliphatic carbocycles. The summed E-state index contributed by atoms with van der Waals surface area (Å²) in [4.78, 5) is 7.25. The number of fused-ring (bicyclic) bond motifs is 1. The number of hydrogen-bond donors (Lipinski definition) is 1. The summed E-state index contributed by atoms with van der Waals surface area (Å²) in [5.74, 6) is -1.70. The number of hydrogen-bond acceptors (Lipinski definition) is 1. The van der Waals surface area contributed by atoms with Crippen molar-refractivity contribution in [1.82, 2.24) is 9.97 Å². The van der Waals surface area contributed by atoms with Gasteiger partial charge in [-0.25, -0.2) is 8.78 Å². The normalized spacial score (nSPS) is 10.9. The van der Waals surface area contributed by atoms with Crippen LogP contribution in [0.15, 0.2) is 42.7 Å². The molecule has 0 amide bonds. The Morgan fingerprint density at radius 1 is 0.941 bits per heavy atom. The van der Waals surface area contributed by atoms with E-state index >= 15 is 0 Å². The van der Waals surface area contributed by atoms with Gasteiger partial charge in [-0.05, 0) is 29.8 Å². The Bertz CT molecular complexity index is 689. The van der Waals surface area contributed by atoms with Gasteiger partial charge >= 0.3 is 0 Å². The van der Waals surface area contributed by atoms with Gasteiger partial charge in [0, 0.05) is 18.0 Å². The van der Waals surface area contributed by atoms with Crippen LogP contribution in [0.3, 0.4) is 0 Å². The van der Waals surface area contributed by atoms with Crippen molar-refractivity contribution in [3.05, 3.63) is 54.4 Å². The second-order valence-electron chi connectivity index (χ2n) is 3.76. The highest BCUT2D eigenvalue weighted by Crippen LogP contribution is 2.23. The van der Waals surface area contributed by atoms with Gasteiger partial charge < -0.3 is 4.98 Å². The predicted molar refractivity (Wildman–Crippen MR) is 61.4 cm³/mol. The summed E-state index contributed by atoms with van der Waals surface area (Å²) in [6.07, 6.45) is 3.43. The van der Waals surface area contributed by atoms with Crippen molar-refractivity contribution in [3.8, 4) is 11.1 Å². The summed E-state index contributed by atoms with van der Waals surface area (Å²) >= 11 is 0. The lowest BCUT2D eigenvalue weighted by Crippen LogP contribution is -1.86. The highest BCUT2D eigenvalue weighted by Gasteiger charge is 2.06. The second kappa shape index (κ2) is 3.66. The topological polar surface area (TPSA) is 28.7 Å². The van der Waals surface area contributed by atoms with E-state index in [0.29, 0.717) is 5.56 Å². The minimum absolute atomic E-state index is 0.605. The van der Waals surface area contributed by atoms with E-state index in [0.717, 1.165) is 22.7 Å². The van der Waals surface area contributed by atoms with E-state index in [1.165, 1.54) is 12.1 Å². The average molecular weight is 230 g/mol. The van der Waals surface area contributed by atoms with Crippen LogP contribution in [0.2, 0.25) is 0 Å². The van der Waals surface area contributed by atoms with Crippen molar-refractivity contribution < 1.29 is 8.78 Å². The number of H-pyrrole nitrogens is 1. The third-order valence-corrected chi connectivity index (χ3v) is 2.65. The van der Waals surface area contributed by atoms with Crippen LogP contribution in [0.4, 0.5) is 8.78 Å². The molecule has 0 saturated heterocycles. The predicted octanol–water partition coefficient (Wildman–Crippen LogP) is 3.51. The van der Waals surface area contributed by atoms with Crippen LogP contribution in [0.5, 0.6) is 0 Å². The van der Waals surface area contributed by atoms with E-state index in [2.05, 4.69) is 9.97 Å². The molecule has 1 N–H and O–H groups in total. The van der Waals surface area contributed by atoms with Gasteiger partial charge in [0.25, 0.3) is 0 Å². The van der Waals surface area contributed by atoms with E-state index in [4.69, 9.17) is 0 Å². The van der Waals surface area contributed by atoms with Crippen molar-refractivity contribution >= 4 is 11.0 Å². The summed E-state index contributed by atoms with van der Waals surface area (Å²) in [6, 6.07) is 7.52. The number of aromatic nitrogens is 2. The zero-order valence-electron chi connectivity index (χ0n) is 8.74. The maximum absolute atomic E-state index is 13.1. The number of benzene rings is 1. The summed E-state index contributed by atoms with van der Waals surface area (Å²) in [5.41, 5.74) is 3.07. The first-order valence-electron chi connectivity index (χ1n) is 5.12. The van der Waals surface area contributed by atoms with Gasteiger partial charge in [-0.3, -0.25) is 4.98 Å². The molecule has 0 saturated carbocycles. The number of nitrogens with one attached hydrogen (secondary N) is 1. The molecule has 2 heterocycles. The van der Waals surface area contributed by atoms with Crippen molar-refractivity contribution in [2.24, 2.45) is 0 Å². The van der Waals surface area contributed by atoms with Gasteiger partial charge in [-0.2, -0.15) is 0 Å². The van der Waals surface area contributed by atoms with Crippen LogP contribution < -0.4 is 0 Å². The van der Waals surface area contributed by atoms with E-state index in [9.17, 15) is 8.78 Å². The molecule has 2 nitrogen and oxygen atoms in total. The van der Waals surface area contributed by atoms with E-state index in [-0.39, 0.29) is 0 Å². The maximum atomic E-state index is 13.1. The molecule has 0 bridgehead atoms. The molecule has 2 aromatic heterocycles. The summed E-state index contributed by atoms with van der Waals surface area (Å²) in [7, 11) is 0. The van der Waals surface area contributed by atoms with Crippen LogP contribution >= 0.6 is 0 Å². The number of nitrogens with zero attached hydrogens (tertiary/aromatic N) is 1. The molecule has 0 aliphatic rings. The SMILES string of the molecule is Fc1ccc(-c2cnc3cc[nH]c3c2)cc1F. The van der Waals surface area contributed by atoms with E-state index in [1.54, 1.807) is 12.4 Å². The maximum Gasteiger partial charge on any atom is 0.159 e. The van der Waals surface area contributed by atoms with Gasteiger partial charge in [0.2, 0.25) is 0 Å². The first-order valence-corrected chi connectivity index (χ1v) is 5.12. The Balaban J connectivity index is 2.16. The molecule has 0 unspecified atom stereocenters. The zero-order chi connectivity index (χ0) is 11.8. The monoisotopic (exact) mass is 230 g/mol. The molecule has 84 valence electrons. The molecular formula is C13H8F2N2. The van der Waals surface area contributed by atoms with Crippen molar-refractivity contribution in [1.29, 1.82) is 0 Å². The number of aromatic amines is 1. The molecule has 3 rings (SSSR count). The standard InChI is InChI=1S/C13H8F2N2/c14-10-2-1-8(5-11(10)15)9-6-13-12(17-7-9)3-4-16-13/h1-7,16H. The minimum atomic E-state index is -0.853. The van der Waals surface area contributed by atoms with Crippen molar-refractivity contribution in [2.45, 2.75) is 0 Å². The van der Waals surface area contributed by atoms with Gasteiger partial charge in [0.1, 0.15) is 0 Å². The highest BCUT2D eigenvalue weighted by molar-refractivity contribution is 5.80. The average Bonchev–Trinajstić information content (AvgIpc) is 2.79. The summed E-state index contributed by atoms with van der Waals surface area (Å²) in [5, 5.41) is 0. The lowest BCUT2D eigenvalue weighted by atomic mass is 10.1. The van der Waals surface area contributed by atoms with Gasteiger partial charge in [0.05, 0.1) is 11.0 Å². The molecule has 17 heavy (non-hydrogen) atoms. The molecule has 0 aliphatic heterocycles. The zero-order valence-corrected chi connectivity index (χ0v) is 8.74. The lowest BCUT2D eigenvalue weighted by Gasteiger charge is -2.02. The number of halogens is 2. The third kappa shape index (κ3) is 1.67. The highest BCUT2D eigenvalue weighted by atomic mass is 19.2. The Kier molecular flexibility index (Phi) is 2.14. The van der Waals surface area contributed by atoms with Crippen molar-refractivity contribution in [2.75, 3.05) is 0 Å². The minimum Gasteiger partial charge on any atom is -0.360 e. The Hall–Kier alpha value is -2.23. The van der Waals surface area contributed by atoms with E-state index < -0.39 is 11.6 Å². The summed E-state index contributed by atoms with van der Waals surface area (Å²) < 4.78 is 25.9. The van der Waals surface area contributed by atoms with Gasteiger partial charge in [-0.1, -0.05) is 6.07 Å². The smallest absolute Gasteiger partial charge is 0.159 e. The Morgan fingerprint density at radius 2 is 1.82 bits per heavy atom. The van der Waals surface area contributed by atoms with Crippen LogP contribution in [0, 0.1) is 11.6 Å². The van der Waals surface area contributed by atoms with Crippen molar-refractivity contribution in [3.63, 3.8) is 0 Å². The summed E-state index contributed by atoms with van der Waals surface area (Å²) in [6.45, 7) is 0. The molecule has 3 aromatic rings. The number of pyridine rings is 1. The van der Waals surface area contributed by atoms with E-state index in [1.807, 2.05) is 12.1 Å². The molecule has 4 heteroatoms. The molecule has 0 fully saturated rings. The fourth-order valence-electron chi connectivity index (χ4n) is 1.77. The van der Waals surface area contributed by atoms with Gasteiger partial charge in [0.15, 0.2) is 11.6 Å². The largest absolute Gasteiger partial charge is 0.360 e. The fourth-order valence-corrected chi connectivity index (χ4v) is 1.77. The quantitative estimate of drug-likeness (QED) is 0.680. The first-order chi connectivity index (χ1) is 8.24. The third-order valence-electron chi connectivity index (χ3n) is 2.65. The molecular weight excluding hydrogens is 222 g/mol. The lowest BCUT2D eigenvalue weighted by molar-refractivity contribution is 0.509. The molecule has 0 atom stereocenters. The van der Waals surface area contributed by atoms with Crippen LogP contribution in [-0.2, 0) is 0 Å². The molecule has 0 radical (unpaired) electrons. The Morgan fingerprint density at radius 3 is 2.65 bits per heavy atom. The Labute approximate surface area is 95.9 Å². The molecule has 1 aromatic carbocycles. The second-order valence-corrected chi connectivity index (χ2v) is 3.76.